The first-order valence-corrected chi connectivity index (χ1v) is 6.97. The summed E-state index contributed by atoms with van der Waals surface area (Å²) in [6.45, 7) is 1.25. The number of anilines is 1. The zero-order chi connectivity index (χ0) is 16.1. The van der Waals surface area contributed by atoms with Crippen molar-refractivity contribution in [3.63, 3.8) is 0 Å². The molecule has 5 nitrogen and oxygen atoms in total. The topological polar surface area (TPSA) is 70.7 Å². The summed E-state index contributed by atoms with van der Waals surface area (Å²) in [6, 6.07) is 1.68. The summed E-state index contributed by atoms with van der Waals surface area (Å²) in [5.41, 5.74) is 5.34. The Morgan fingerprint density at radius 3 is 2.55 bits per heavy atom. The van der Waals surface area contributed by atoms with E-state index in [1.165, 1.54) is 0 Å². The molecule has 1 aromatic carbocycles. The second kappa shape index (κ2) is 7.15. The molecule has 8 heteroatoms. The Balaban J connectivity index is 1.94. The highest BCUT2D eigenvalue weighted by Gasteiger charge is 2.16. The Morgan fingerprint density at radius 2 is 1.86 bits per heavy atom. The van der Waals surface area contributed by atoms with Crippen LogP contribution in [-0.4, -0.2) is 36.4 Å². The molecule has 3 N–H and O–H groups in total. The number of carbonyl (C=O) groups is 1. The van der Waals surface area contributed by atoms with Crippen LogP contribution in [0.5, 0.6) is 0 Å². The lowest BCUT2D eigenvalue weighted by Gasteiger charge is -2.27. The summed E-state index contributed by atoms with van der Waals surface area (Å²) >= 11 is 0. The standard InChI is InChI=1S/C14H17F3N4O/c15-9-4-5-10(13(17)12(9)16)20-11(22)8-19-14(18)21-6-2-1-3-7-21/h4-5H,1-3,6-8H2,(H2,18,19)(H,20,22). The molecule has 2 rings (SSSR count). The number of nitrogens with zero attached hydrogens (tertiary/aromatic N) is 2. The van der Waals surface area contributed by atoms with Crippen LogP contribution in [0.2, 0.25) is 0 Å². The lowest BCUT2D eigenvalue weighted by Crippen LogP contribution is -2.41. The van der Waals surface area contributed by atoms with Crippen molar-refractivity contribution >= 4 is 17.6 Å². The van der Waals surface area contributed by atoms with Crippen LogP contribution >= 0.6 is 0 Å². The van der Waals surface area contributed by atoms with E-state index in [0.717, 1.165) is 44.5 Å². The number of hydrogen-bond acceptors (Lipinski definition) is 2. The van der Waals surface area contributed by atoms with Gasteiger partial charge in [-0.05, 0) is 31.4 Å². The zero-order valence-corrected chi connectivity index (χ0v) is 11.9. The molecule has 0 bridgehead atoms. The Bertz CT molecular complexity index is 586. The van der Waals surface area contributed by atoms with Crippen molar-refractivity contribution in [3.05, 3.63) is 29.6 Å². The lowest BCUT2D eigenvalue weighted by molar-refractivity contribution is -0.114. The number of halogens is 3. The molecule has 1 aliphatic heterocycles. The molecule has 0 atom stereocenters. The van der Waals surface area contributed by atoms with Gasteiger partial charge in [-0.2, -0.15) is 0 Å². The van der Waals surface area contributed by atoms with Gasteiger partial charge in [0.25, 0.3) is 0 Å². The Labute approximate surface area is 126 Å². The number of benzene rings is 1. The van der Waals surface area contributed by atoms with Gasteiger partial charge in [-0.1, -0.05) is 0 Å². The summed E-state index contributed by atoms with van der Waals surface area (Å²) in [5, 5.41) is 2.13. The molecular weight excluding hydrogens is 297 g/mol. The van der Waals surface area contributed by atoms with Crippen molar-refractivity contribution in [3.8, 4) is 0 Å². The van der Waals surface area contributed by atoms with Gasteiger partial charge in [-0.15, -0.1) is 0 Å². The van der Waals surface area contributed by atoms with Gasteiger partial charge < -0.3 is 16.0 Å². The normalized spacial score (nSPS) is 15.8. The third kappa shape index (κ3) is 3.90. The molecule has 120 valence electrons. The lowest BCUT2D eigenvalue weighted by atomic mass is 10.1. The maximum atomic E-state index is 13.4. The Morgan fingerprint density at radius 1 is 1.18 bits per heavy atom. The highest BCUT2D eigenvalue weighted by Crippen LogP contribution is 2.19. The van der Waals surface area contributed by atoms with Crippen molar-refractivity contribution in [1.82, 2.24) is 4.90 Å². The first-order valence-electron chi connectivity index (χ1n) is 6.97. The van der Waals surface area contributed by atoms with E-state index in [1.54, 1.807) is 0 Å². The fourth-order valence-electron chi connectivity index (χ4n) is 2.19. The number of nitrogens with two attached hydrogens (primary N) is 1. The Hall–Kier alpha value is -2.25. The molecule has 22 heavy (non-hydrogen) atoms. The molecule has 0 radical (unpaired) electrons. The van der Waals surface area contributed by atoms with E-state index in [2.05, 4.69) is 10.3 Å². The van der Waals surface area contributed by atoms with Gasteiger partial charge in [0.2, 0.25) is 5.91 Å². The van der Waals surface area contributed by atoms with Gasteiger partial charge in [-0.25, -0.2) is 18.2 Å². The van der Waals surface area contributed by atoms with Crippen molar-refractivity contribution in [1.29, 1.82) is 0 Å². The highest BCUT2D eigenvalue weighted by atomic mass is 19.2. The average molecular weight is 314 g/mol. The summed E-state index contributed by atoms with van der Waals surface area (Å²) in [5.74, 6) is -4.80. The van der Waals surface area contributed by atoms with Crippen molar-refractivity contribution in [2.45, 2.75) is 19.3 Å². The average Bonchev–Trinajstić information content (AvgIpc) is 2.54. The molecule has 0 aromatic heterocycles. The third-order valence-electron chi connectivity index (χ3n) is 3.37. The molecule has 0 saturated carbocycles. The number of aliphatic imine (C=N–C) groups is 1. The van der Waals surface area contributed by atoms with Gasteiger partial charge in [0.1, 0.15) is 6.54 Å². The molecule has 1 aliphatic rings. The number of amides is 1. The first-order chi connectivity index (χ1) is 10.5. The second-order valence-electron chi connectivity index (χ2n) is 4.99. The number of piperidine rings is 1. The number of carbonyl (C=O) groups excluding carboxylic acids is 1. The molecule has 1 aromatic rings. The quantitative estimate of drug-likeness (QED) is 0.508. The van der Waals surface area contributed by atoms with E-state index in [9.17, 15) is 18.0 Å². The largest absolute Gasteiger partial charge is 0.370 e. The summed E-state index contributed by atoms with van der Waals surface area (Å²) in [7, 11) is 0. The maximum Gasteiger partial charge on any atom is 0.246 e. The molecular formula is C14H17F3N4O. The monoisotopic (exact) mass is 314 g/mol. The fourth-order valence-corrected chi connectivity index (χ4v) is 2.19. The van der Waals surface area contributed by atoms with Crippen LogP contribution in [0.4, 0.5) is 18.9 Å². The zero-order valence-electron chi connectivity index (χ0n) is 11.9. The van der Waals surface area contributed by atoms with Gasteiger partial charge >= 0.3 is 0 Å². The predicted octanol–water partition coefficient (Wildman–Crippen LogP) is 1.84. The van der Waals surface area contributed by atoms with Crippen LogP contribution < -0.4 is 11.1 Å². The molecule has 1 heterocycles. The van der Waals surface area contributed by atoms with E-state index in [-0.39, 0.29) is 12.5 Å². The number of nitrogens with one attached hydrogen (secondary N) is 1. The fraction of sp³-hybridized carbons (Fsp3) is 0.429. The van der Waals surface area contributed by atoms with Crippen LogP contribution in [0.1, 0.15) is 19.3 Å². The molecule has 1 amide bonds. The number of rotatable bonds is 3. The van der Waals surface area contributed by atoms with Crippen LogP contribution in [0.25, 0.3) is 0 Å². The van der Waals surface area contributed by atoms with E-state index in [1.807, 2.05) is 4.90 Å². The summed E-state index contributed by atoms with van der Waals surface area (Å²) < 4.78 is 39.2. The van der Waals surface area contributed by atoms with E-state index in [0.29, 0.717) is 0 Å². The SMILES string of the molecule is NC(=NCC(=O)Nc1ccc(F)c(F)c1F)N1CCCCC1. The third-order valence-corrected chi connectivity index (χ3v) is 3.37. The van der Waals surface area contributed by atoms with Gasteiger partial charge in [0.05, 0.1) is 5.69 Å². The summed E-state index contributed by atoms with van der Waals surface area (Å²) in [6.07, 6.45) is 3.17. The number of likely N-dealkylation sites (tertiary alicyclic amines) is 1. The van der Waals surface area contributed by atoms with Gasteiger partial charge in [-0.3, -0.25) is 4.79 Å². The Kier molecular flexibility index (Phi) is 5.24. The second-order valence-corrected chi connectivity index (χ2v) is 4.99. The van der Waals surface area contributed by atoms with Gasteiger partial charge in [0.15, 0.2) is 23.4 Å². The van der Waals surface area contributed by atoms with Crippen LogP contribution in [-0.2, 0) is 4.79 Å². The van der Waals surface area contributed by atoms with Crippen molar-refractivity contribution in [2.75, 3.05) is 25.0 Å². The van der Waals surface area contributed by atoms with Crippen LogP contribution in [0, 0.1) is 17.5 Å². The molecule has 1 fully saturated rings. The van der Waals surface area contributed by atoms with Gasteiger partial charge in [0, 0.05) is 13.1 Å². The van der Waals surface area contributed by atoms with Crippen LogP contribution in [0.3, 0.4) is 0 Å². The van der Waals surface area contributed by atoms with Crippen LogP contribution in [0.15, 0.2) is 17.1 Å². The molecule has 0 unspecified atom stereocenters. The number of hydrogen-bond donors (Lipinski definition) is 2. The first kappa shape index (κ1) is 16.1. The van der Waals surface area contributed by atoms with Crippen molar-refractivity contribution < 1.29 is 18.0 Å². The summed E-state index contributed by atoms with van der Waals surface area (Å²) in [4.78, 5) is 17.5. The minimum atomic E-state index is -1.63. The molecule has 1 saturated heterocycles. The predicted molar refractivity (Wildman–Crippen MR) is 76.9 cm³/mol. The van der Waals surface area contributed by atoms with E-state index >= 15 is 0 Å². The maximum absolute atomic E-state index is 13.4. The van der Waals surface area contributed by atoms with E-state index in [4.69, 9.17) is 5.73 Å². The van der Waals surface area contributed by atoms with Crippen molar-refractivity contribution in [2.24, 2.45) is 10.7 Å². The molecule has 0 aliphatic carbocycles. The van der Waals surface area contributed by atoms with E-state index < -0.39 is 29.0 Å². The minimum Gasteiger partial charge on any atom is -0.370 e. The molecule has 0 spiro atoms. The minimum absolute atomic E-state index is 0.251. The smallest absolute Gasteiger partial charge is 0.246 e. The number of guanidine groups is 1. The highest BCUT2D eigenvalue weighted by molar-refractivity contribution is 5.94.